The molecule has 2 aromatic heterocycles. The van der Waals surface area contributed by atoms with Crippen LogP contribution >= 0.6 is 11.3 Å². The highest BCUT2D eigenvalue weighted by molar-refractivity contribution is 7.13. The summed E-state index contributed by atoms with van der Waals surface area (Å²) >= 11 is 1.56. The Labute approximate surface area is 138 Å². The summed E-state index contributed by atoms with van der Waals surface area (Å²) in [5.74, 6) is 0.445. The zero-order valence-corrected chi connectivity index (χ0v) is 13.8. The third kappa shape index (κ3) is 2.96. The number of H-pyrrole nitrogens is 1. The number of pyridine rings is 1. The quantitative estimate of drug-likeness (QED) is 0.756. The predicted molar refractivity (Wildman–Crippen MR) is 94.6 cm³/mol. The highest BCUT2D eigenvalue weighted by atomic mass is 32.1. The van der Waals surface area contributed by atoms with E-state index in [-0.39, 0.29) is 11.1 Å². The summed E-state index contributed by atoms with van der Waals surface area (Å²) in [6.45, 7) is 4.27. The van der Waals surface area contributed by atoms with Gasteiger partial charge < -0.3 is 4.98 Å². The SMILES string of the molecule is CC(C)c1ccc(-c2cc(-c3cccs3)[nH]c(=O)c2C#N)cc1. The van der Waals surface area contributed by atoms with Gasteiger partial charge in [-0.15, -0.1) is 11.3 Å². The number of aromatic amines is 1. The van der Waals surface area contributed by atoms with Crippen molar-refractivity contribution in [1.82, 2.24) is 4.98 Å². The molecule has 0 fully saturated rings. The summed E-state index contributed by atoms with van der Waals surface area (Å²) in [4.78, 5) is 16.0. The lowest BCUT2D eigenvalue weighted by molar-refractivity contribution is 0.867. The van der Waals surface area contributed by atoms with Crippen molar-refractivity contribution in [3.05, 3.63) is 69.3 Å². The van der Waals surface area contributed by atoms with Crippen LogP contribution in [-0.2, 0) is 0 Å². The fourth-order valence-corrected chi connectivity index (χ4v) is 3.21. The summed E-state index contributed by atoms with van der Waals surface area (Å²) < 4.78 is 0. The molecular weight excluding hydrogens is 304 g/mol. The van der Waals surface area contributed by atoms with Crippen molar-refractivity contribution in [3.8, 4) is 27.8 Å². The van der Waals surface area contributed by atoms with Crippen LogP contribution in [0.4, 0.5) is 0 Å². The smallest absolute Gasteiger partial charge is 0.266 e. The summed E-state index contributed by atoms with van der Waals surface area (Å²) in [5.41, 5.74) is 3.34. The monoisotopic (exact) mass is 320 g/mol. The molecule has 4 heteroatoms. The Bertz CT molecular complexity index is 913. The molecule has 3 aromatic rings. The Morgan fingerprint density at radius 1 is 1.17 bits per heavy atom. The molecule has 23 heavy (non-hydrogen) atoms. The minimum Gasteiger partial charge on any atom is -0.320 e. The molecule has 0 saturated heterocycles. The van der Waals surface area contributed by atoms with E-state index in [0.717, 1.165) is 16.1 Å². The van der Waals surface area contributed by atoms with E-state index in [2.05, 4.69) is 18.8 Å². The minimum absolute atomic E-state index is 0.155. The van der Waals surface area contributed by atoms with E-state index in [4.69, 9.17) is 0 Å². The number of aromatic nitrogens is 1. The largest absolute Gasteiger partial charge is 0.320 e. The predicted octanol–water partition coefficient (Wildman–Crippen LogP) is 4.77. The summed E-state index contributed by atoms with van der Waals surface area (Å²) in [6.07, 6.45) is 0. The molecule has 0 saturated carbocycles. The number of nitriles is 1. The average Bonchev–Trinajstić information content (AvgIpc) is 3.08. The van der Waals surface area contributed by atoms with Crippen molar-refractivity contribution in [2.75, 3.05) is 0 Å². The molecule has 0 amide bonds. The van der Waals surface area contributed by atoms with E-state index >= 15 is 0 Å². The molecule has 2 heterocycles. The zero-order valence-electron chi connectivity index (χ0n) is 13.0. The molecule has 114 valence electrons. The normalized spacial score (nSPS) is 10.7. The van der Waals surface area contributed by atoms with E-state index in [9.17, 15) is 10.1 Å². The van der Waals surface area contributed by atoms with Gasteiger partial charge in [-0.25, -0.2) is 0 Å². The standard InChI is InChI=1S/C19H16N2OS/c1-12(2)13-5-7-14(8-6-13)15-10-17(18-4-3-9-23-18)21-19(22)16(15)11-20/h3-10,12H,1-2H3,(H,21,22). The minimum atomic E-state index is -0.346. The van der Waals surface area contributed by atoms with Gasteiger partial charge in [-0.05, 0) is 34.6 Å². The van der Waals surface area contributed by atoms with Crippen LogP contribution in [0, 0.1) is 11.3 Å². The van der Waals surface area contributed by atoms with Crippen molar-refractivity contribution in [3.63, 3.8) is 0 Å². The van der Waals surface area contributed by atoms with Gasteiger partial charge in [0.1, 0.15) is 11.6 Å². The van der Waals surface area contributed by atoms with Crippen LogP contribution < -0.4 is 5.56 Å². The molecule has 0 atom stereocenters. The van der Waals surface area contributed by atoms with Crippen molar-refractivity contribution >= 4 is 11.3 Å². The highest BCUT2D eigenvalue weighted by Crippen LogP contribution is 2.29. The van der Waals surface area contributed by atoms with Gasteiger partial charge in [0.2, 0.25) is 0 Å². The van der Waals surface area contributed by atoms with Crippen LogP contribution in [0.2, 0.25) is 0 Å². The van der Waals surface area contributed by atoms with Crippen LogP contribution in [0.1, 0.15) is 30.9 Å². The second kappa shape index (κ2) is 6.23. The van der Waals surface area contributed by atoms with Crippen LogP contribution in [0.25, 0.3) is 21.7 Å². The lowest BCUT2D eigenvalue weighted by atomic mass is 9.96. The highest BCUT2D eigenvalue weighted by Gasteiger charge is 2.13. The molecule has 0 bridgehead atoms. The van der Waals surface area contributed by atoms with Crippen LogP contribution in [0.3, 0.4) is 0 Å². The fraction of sp³-hybridized carbons (Fsp3) is 0.158. The number of nitrogens with zero attached hydrogens (tertiary/aromatic N) is 1. The second-order valence-electron chi connectivity index (χ2n) is 5.67. The van der Waals surface area contributed by atoms with Gasteiger partial charge in [0, 0.05) is 5.56 Å². The van der Waals surface area contributed by atoms with E-state index < -0.39 is 0 Å². The van der Waals surface area contributed by atoms with Crippen molar-refractivity contribution < 1.29 is 0 Å². The molecule has 0 radical (unpaired) electrons. The molecule has 0 aliphatic carbocycles. The third-order valence-electron chi connectivity index (χ3n) is 3.82. The fourth-order valence-electron chi connectivity index (χ4n) is 2.51. The number of thiophene rings is 1. The van der Waals surface area contributed by atoms with Gasteiger partial charge in [-0.1, -0.05) is 44.2 Å². The molecule has 0 aliphatic rings. The van der Waals surface area contributed by atoms with Gasteiger partial charge in [-0.3, -0.25) is 4.79 Å². The average molecular weight is 320 g/mol. The first kappa shape index (κ1) is 15.3. The third-order valence-corrected chi connectivity index (χ3v) is 4.72. The Kier molecular flexibility index (Phi) is 4.14. The molecule has 1 aromatic carbocycles. The Balaban J connectivity index is 2.17. The van der Waals surface area contributed by atoms with Crippen LogP contribution in [0.15, 0.2) is 52.6 Å². The topological polar surface area (TPSA) is 56.6 Å². The van der Waals surface area contributed by atoms with E-state index in [0.29, 0.717) is 11.5 Å². The molecule has 0 aliphatic heterocycles. The van der Waals surface area contributed by atoms with Gasteiger partial charge in [0.05, 0.1) is 10.6 Å². The number of hydrogen-bond acceptors (Lipinski definition) is 3. The zero-order chi connectivity index (χ0) is 16.4. The molecule has 0 unspecified atom stereocenters. The molecular formula is C19H16N2OS. The van der Waals surface area contributed by atoms with Crippen molar-refractivity contribution in [2.45, 2.75) is 19.8 Å². The van der Waals surface area contributed by atoms with Crippen molar-refractivity contribution in [2.24, 2.45) is 0 Å². The molecule has 3 nitrogen and oxygen atoms in total. The lowest BCUT2D eigenvalue weighted by Gasteiger charge is -2.09. The van der Waals surface area contributed by atoms with E-state index in [1.807, 2.05) is 53.9 Å². The lowest BCUT2D eigenvalue weighted by Crippen LogP contribution is -2.12. The van der Waals surface area contributed by atoms with Gasteiger partial charge in [-0.2, -0.15) is 5.26 Å². The summed E-state index contributed by atoms with van der Waals surface area (Å²) in [7, 11) is 0. The maximum atomic E-state index is 12.3. The molecule has 0 spiro atoms. The molecule has 3 rings (SSSR count). The summed E-state index contributed by atoms with van der Waals surface area (Å²) in [5, 5.41) is 11.3. The maximum absolute atomic E-state index is 12.3. The Hall–Kier alpha value is -2.64. The molecule has 1 N–H and O–H groups in total. The van der Waals surface area contributed by atoms with E-state index in [1.165, 1.54) is 5.56 Å². The van der Waals surface area contributed by atoms with Crippen molar-refractivity contribution in [1.29, 1.82) is 5.26 Å². The Morgan fingerprint density at radius 2 is 1.91 bits per heavy atom. The van der Waals surface area contributed by atoms with Gasteiger partial charge >= 0.3 is 0 Å². The number of benzene rings is 1. The van der Waals surface area contributed by atoms with Crippen LogP contribution in [0.5, 0.6) is 0 Å². The summed E-state index contributed by atoms with van der Waals surface area (Å²) in [6, 6.07) is 15.9. The van der Waals surface area contributed by atoms with Gasteiger partial charge in [0.15, 0.2) is 0 Å². The van der Waals surface area contributed by atoms with E-state index in [1.54, 1.807) is 11.3 Å². The second-order valence-corrected chi connectivity index (χ2v) is 6.61. The first-order valence-electron chi connectivity index (χ1n) is 7.41. The van der Waals surface area contributed by atoms with Gasteiger partial charge in [0.25, 0.3) is 5.56 Å². The van der Waals surface area contributed by atoms with Crippen LogP contribution in [-0.4, -0.2) is 4.98 Å². The first-order chi connectivity index (χ1) is 11.1. The number of hydrogen-bond donors (Lipinski definition) is 1. The first-order valence-corrected chi connectivity index (χ1v) is 8.29. The number of rotatable bonds is 3. The Morgan fingerprint density at radius 3 is 2.48 bits per heavy atom. The maximum Gasteiger partial charge on any atom is 0.266 e. The number of nitrogens with one attached hydrogen (secondary N) is 1.